The summed E-state index contributed by atoms with van der Waals surface area (Å²) in [5.74, 6) is 0.0980. The minimum absolute atomic E-state index is 0.0604. The summed E-state index contributed by atoms with van der Waals surface area (Å²) < 4.78 is 43.4. The van der Waals surface area contributed by atoms with E-state index in [2.05, 4.69) is 15.1 Å². The van der Waals surface area contributed by atoms with Crippen molar-refractivity contribution >= 4 is 0 Å². The number of pyridine rings is 1. The predicted octanol–water partition coefficient (Wildman–Crippen LogP) is 6.27. The lowest BCUT2D eigenvalue weighted by Crippen LogP contribution is -2.29. The summed E-state index contributed by atoms with van der Waals surface area (Å²) in [5, 5.41) is 25.1. The predicted molar refractivity (Wildman–Crippen MR) is 165 cm³/mol. The van der Waals surface area contributed by atoms with Gasteiger partial charge in [-0.25, -0.2) is 23.4 Å². The van der Waals surface area contributed by atoms with E-state index in [4.69, 9.17) is 9.47 Å². The molecular weight excluding hydrogens is 578 g/mol. The van der Waals surface area contributed by atoms with E-state index in [-0.39, 0.29) is 29.6 Å². The van der Waals surface area contributed by atoms with Crippen LogP contribution in [0.3, 0.4) is 0 Å². The van der Waals surface area contributed by atoms with Crippen LogP contribution in [-0.2, 0) is 24.3 Å². The van der Waals surface area contributed by atoms with Crippen LogP contribution in [-0.4, -0.2) is 47.5 Å². The average molecular weight is 619 g/mol. The highest BCUT2D eigenvalue weighted by molar-refractivity contribution is 5.76. The van der Waals surface area contributed by atoms with E-state index in [0.717, 1.165) is 40.3 Å². The molecule has 4 aromatic rings. The molecule has 1 fully saturated rings. The number of ether oxygens (including phenoxy) is 2. The van der Waals surface area contributed by atoms with Crippen LogP contribution in [0.4, 0.5) is 8.78 Å². The first-order valence-electron chi connectivity index (χ1n) is 15.3. The Labute approximate surface area is 262 Å². The van der Waals surface area contributed by atoms with Crippen LogP contribution in [0, 0.1) is 37.3 Å². The molecule has 2 aliphatic carbocycles. The van der Waals surface area contributed by atoms with Crippen LogP contribution < -0.4 is 4.74 Å². The van der Waals surface area contributed by atoms with Gasteiger partial charge in [-0.1, -0.05) is 0 Å². The lowest BCUT2D eigenvalue weighted by Gasteiger charge is -2.25. The van der Waals surface area contributed by atoms with Crippen LogP contribution in [0.25, 0.3) is 22.5 Å². The summed E-state index contributed by atoms with van der Waals surface area (Å²) in [4.78, 5) is 8.84. The van der Waals surface area contributed by atoms with Crippen molar-refractivity contribution in [1.82, 2.24) is 19.7 Å². The molecule has 1 unspecified atom stereocenters. The largest absolute Gasteiger partial charge is 0.473 e. The molecule has 4 atom stereocenters. The molecular formula is C35H40F2N4O4. The Morgan fingerprint density at radius 2 is 1.71 bits per heavy atom. The molecule has 0 radical (unpaired) electrons. The van der Waals surface area contributed by atoms with Crippen molar-refractivity contribution in [3.63, 3.8) is 0 Å². The summed E-state index contributed by atoms with van der Waals surface area (Å²) in [5.41, 5.74) is 4.34. The molecule has 10 heteroatoms. The maximum absolute atomic E-state index is 15.2. The van der Waals surface area contributed by atoms with E-state index < -0.39 is 29.1 Å². The SMILES string of the molecule is Cc1cc(-c2ncn(CC(C)(C)O)n2)cc(C)c1-c1cc(COc2cc3c(cn2)[C@H]2[C@@H](C3)[C@@H]2C(O)OC(C)(C)C)c(F)cc1F. The number of aryl methyl sites for hydroxylation is 2. The number of halogens is 2. The Hall–Kier alpha value is -3.73. The van der Waals surface area contributed by atoms with E-state index in [1.165, 1.54) is 6.07 Å². The van der Waals surface area contributed by atoms with Gasteiger partial charge in [0.2, 0.25) is 5.88 Å². The first kappa shape index (κ1) is 31.3. The summed E-state index contributed by atoms with van der Waals surface area (Å²) in [7, 11) is 0. The van der Waals surface area contributed by atoms with Gasteiger partial charge in [-0.2, -0.15) is 5.10 Å². The van der Waals surface area contributed by atoms with E-state index in [0.29, 0.717) is 29.7 Å². The minimum atomic E-state index is -0.936. The van der Waals surface area contributed by atoms with Crippen molar-refractivity contribution in [1.29, 1.82) is 0 Å². The van der Waals surface area contributed by atoms with Gasteiger partial charge in [0.15, 0.2) is 12.1 Å². The zero-order chi connectivity index (χ0) is 32.4. The zero-order valence-corrected chi connectivity index (χ0v) is 26.7. The zero-order valence-electron chi connectivity index (χ0n) is 26.7. The maximum atomic E-state index is 15.2. The number of fused-ring (bicyclic) bond motifs is 3. The molecule has 238 valence electrons. The number of aliphatic hydroxyl groups is 2. The molecule has 1 saturated carbocycles. The van der Waals surface area contributed by atoms with E-state index in [9.17, 15) is 14.6 Å². The third-order valence-corrected chi connectivity index (χ3v) is 8.50. The van der Waals surface area contributed by atoms with E-state index >= 15 is 4.39 Å². The number of aliphatic hydroxyl groups excluding tert-OH is 1. The molecule has 8 nitrogen and oxygen atoms in total. The highest BCUT2D eigenvalue weighted by atomic mass is 19.1. The molecule has 0 saturated heterocycles. The van der Waals surface area contributed by atoms with Crippen LogP contribution in [0.2, 0.25) is 0 Å². The van der Waals surface area contributed by atoms with Crippen molar-refractivity contribution in [2.45, 2.75) is 91.4 Å². The van der Waals surface area contributed by atoms with Crippen molar-refractivity contribution < 1.29 is 28.5 Å². The van der Waals surface area contributed by atoms with Gasteiger partial charge in [0.1, 0.15) is 24.6 Å². The molecule has 0 amide bonds. The molecule has 2 aromatic carbocycles. The molecule has 2 aromatic heterocycles. The van der Waals surface area contributed by atoms with Gasteiger partial charge in [0.05, 0.1) is 17.7 Å². The number of nitrogens with zero attached hydrogens (tertiary/aromatic N) is 4. The van der Waals surface area contributed by atoms with Crippen LogP contribution in [0.1, 0.15) is 68.4 Å². The quantitative estimate of drug-likeness (QED) is 0.213. The van der Waals surface area contributed by atoms with Crippen LogP contribution >= 0.6 is 0 Å². The van der Waals surface area contributed by atoms with Crippen molar-refractivity contribution in [2.24, 2.45) is 11.8 Å². The highest BCUT2D eigenvalue weighted by Crippen LogP contribution is 2.63. The maximum Gasteiger partial charge on any atom is 0.213 e. The first-order valence-corrected chi connectivity index (χ1v) is 15.3. The molecule has 2 aliphatic rings. The van der Waals surface area contributed by atoms with Crippen molar-refractivity contribution in [3.05, 3.63) is 82.3 Å². The van der Waals surface area contributed by atoms with Gasteiger partial charge in [-0.3, -0.25) is 0 Å². The molecule has 6 rings (SSSR count). The lowest BCUT2D eigenvalue weighted by molar-refractivity contribution is -0.178. The summed E-state index contributed by atoms with van der Waals surface area (Å²) in [6.45, 7) is 13.1. The minimum Gasteiger partial charge on any atom is -0.473 e. The van der Waals surface area contributed by atoms with Crippen LogP contribution in [0.5, 0.6) is 5.88 Å². The fourth-order valence-corrected chi connectivity index (χ4v) is 6.69. The third kappa shape index (κ3) is 6.50. The highest BCUT2D eigenvalue weighted by Gasteiger charge is 2.59. The molecule has 0 spiro atoms. The number of hydrogen-bond acceptors (Lipinski definition) is 7. The fourth-order valence-electron chi connectivity index (χ4n) is 6.69. The summed E-state index contributed by atoms with van der Waals surface area (Å²) in [6.07, 6.45) is 3.33. The third-order valence-electron chi connectivity index (χ3n) is 8.50. The van der Waals surface area contributed by atoms with Gasteiger partial charge in [-0.15, -0.1) is 0 Å². The Morgan fingerprint density at radius 3 is 2.38 bits per heavy atom. The van der Waals surface area contributed by atoms with Gasteiger partial charge >= 0.3 is 0 Å². The second kappa shape index (κ2) is 11.3. The van der Waals surface area contributed by atoms with E-state index in [1.54, 1.807) is 31.1 Å². The normalized spacial score (nSPS) is 19.8. The topological polar surface area (TPSA) is 103 Å². The Morgan fingerprint density at radius 1 is 1.00 bits per heavy atom. The van der Waals surface area contributed by atoms with Crippen molar-refractivity contribution in [3.8, 4) is 28.4 Å². The monoisotopic (exact) mass is 618 g/mol. The fraction of sp³-hybridized carbons (Fsp3) is 0.457. The number of aromatic nitrogens is 4. The Balaban J connectivity index is 1.18. The van der Waals surface area contributed by atoms with Crippen LogP contribution in [0.15, 0.2) is 42.9 Å². The average Bonchev–Trinajstić information content (AvgIpc) is 3.23. The van der Waals surface area contributed by atoms with Gasteiger partial charge in [0.25, 0.3) is 0 Å². The molecule has 0 aliphatic heterocycles. The van der Waals surface area contributed by atoms with Crippen molar-refractivity contribution in [2.75, 3.05) is 0 Å². The number of hydrogen-bond donors (Lipinski definition) is 2. The molecule has 2 N–H and O–H groups in total. The second-order valence-corrected chi connectivity index (χ2v) is 14.1. The number of benzene rings is 2. The smallest absolute Gasteiger partial charge is 0.213 e. The molecule has 0 bridgehead atoms. The standard InChI is InChI=1S/C35H40F2N4O4/c1-18-8-21(32-39-17-41(40-32)16-35(6,7)43)9-19(2)29(18)23-11-22(26(36)13-27(23)37)15-44-28-12-20-10-24-30(25(20)14-38-28)31(24)33(42)45-34(3,4)5/h8-9,11-14,17,24,30-31,33,42-43H,10,15-16H2,1-7H3/t24-,30-,31+,33?/m1/s1. The lowest BCUT2D eigenvalue weighted by atomic mass is 9.92. The molecule has 2 heterocycles. The second-order valence-electron chi connectivity index (χ2n) is 14.1. The van der Waals surface area contributed by atoms with E-state index in [1.807, 2.05) is 52.8 Å². The Kier molecular flexibility index (Phi) is 7.82. The van der Waals surface area contributed by atoms with Gasteiger partial charge in [-0.05, 0) is 113 Å². The summed E-state index contributed by atoms with van der Waals surface area (Å²) >= 11 is 0. The first-order chi connectivity index (χ1) is 21.1. The summed E-state index contributed by atoms with van der Waals surface area (Å²) in [6, 6.07) is 8.03. The van der Waals surface area contributed by atoms with Gasteiger partial charge < -0.3 is 19.7 Å². The number of rotatable bonds is 9. The Bertz CT molecular complexity index is 1730. The van der Waals surface area contributed by atoms with Gasteiger partial charge in [0, 0.05) is 40.9 Å². The molecule has 45 heavy (non-hydrogen) atoms.